The van der Waals surface area contributed by atoms with Crippen LogP contribution >= 0.6 is 15.9 Å². The van der Waals surface area contributed by atoms with E-state index in [1.165, 1.54) is 4.90 Å². The standard InChI is InChI=1S/C13H19BrF3NO3/c1-11(2,3)21-10(19)18-8(7-20-12(18,4)5)6-9(14)13(15,16)17/h6,8H,7H2,1-5H3/b9-6-/t8-/m1/s1. The predicted molar refractivity (Wildman–Crippen MR) is 75.0 cm³/mol. The number of carbonyl (C=O) groups excluding carboxylic acids is 1. The quantitative estimate of drug-likeness (QED) is 0.691. The number of allylic oxidation sites excluding steroid dienone is 1. The molecule has 1 atom stereocenters. The SMILES string of the molecule is CC(C)(C)OC(=O)N1[C@H](/C=C(\Br)C(F)(F)F)COC1(C)C. The first kappa shape index (κ1) is 18.3. The molecule has 1 amide bonds. The third-order valence-corrected chi connectivity index (χ3v) is 3.43. The molecule has 8 heteroatoms. The van der Waals surface area contributed by atoms with Crippen molar-refractivity contribution in [2.75, 3.05) is 6.61 Å². The second-order valence-electron chi connectivity index (χ2n) is 6.19. The molecule has 0 aromatic rings. The predicted octanol–water partition coefficient (Wildman–Crippen LogP) is 4.20. The molecule has 0 aromatic carbocycles. The van der Waals surface area contributed by atoms with Crippen LogP contribution < -0.4 is 0 Å². The lowest BCUT2D eigenvalue weighted by Gasteiger charge is -2.34. The largest absolute Gasteiger partial charge is 0.444 e. The number of alkyl halides is 3. The molecule has 1 aliphatic heterocycles. The first-order valence-electron chi connectivity index (χ1n) is 6.35. The van der Waals surface area contributed by atoms with Crippen LogP contribution in [0.4, 0.5) is 18.0 Å². The third kappa shape index (κ3) is 4.88. The molecule has 0 bridgehead atoms. The minimum Gasteiger partial charge on any atom is -0.444 e. The molecule has 0 saturated carbocycles. The summed E-state index contributed by atoms with van der Waals surface area (Å²) in [6.07, 6.45) is -4.31. The highest BCUT2D eigenvalue weighted by Crippen LogP contribution is 2.35. The molecule has 1 saturated heterocycles. The molecule has 0 radical (unpaired) electrons. The molecule has 0 unspecified atom stereocenters. The van der Waals surface area contributed by atoms with Crippen molar-refractivity contribution in [3.05, 3.63) is 10.6 Å². The lowest BCUT2D eigenvalue weighted by molar-refractivity contribution is -0.0839. The van der Waals surface area contributed by atoms with Gasteiger partial charge in [0.2, 0.25) is 0 Å². The van der Waals surface area contributed by atoms with Crippen molar-refractivity contribution < 1.29 is 27.4 Å². The topological polar surface area (TPSA) is 38.8 Å². The molecular formula is C13H19BrF3NO3. The van der Waals surface area contributed by atoms with Crippen LogP contribution in [0.2, 0.25) is 0 Å². The summed E-state index contributed by atoms with van der Waals surface area (Å²) in [5.74, 6) is 0. The zero-order valence-corrected chi connectivity index (χ0v) is 14.1. The fourth-order valence-corrected chi connectivity index (χ4v) is 2.19. The van der Waals surface area contributed by atoms with E-state index in [-0.39, 0.29) is 6.61 Å². The van der Waals surface area contributed by atoms with Crippen molar-refractivity contribution in [3.63, 3.8) is 0 Å². The number of rotatable bonds is 1. The van der Waals surface area contributed by atoms with Crippen molar-refractivity contribution in [2.24, 2.45) is 0 Å². The Bertz CT molecular complexity index is 441. The maximum absolute atomic E-state index is 12.6. The smallest absolute Gasteiger partial charge is 0.422 e. The molecule has 0 spiro atoms. The van der Waals surface area contributed by atoms with Gasteiger partial charge in [-0.05, 0) is 56.6 Å². The minimum absolute atomic E-state index is 0.0303. The zero-order valence-electron chi connectivity index (χ0n) is 12.5. The summed E-state index contributed by atoms with van der Waals surface area (Å²) in [5, 5.41) is 0. The van der Waals surface area contributed by atoms with Crippen molar-refractivity contribution in [1.29, 1.82) is 0 Å². The Morgan fingerprint density at radius 1 is 1.38 bits per heavy atom. The van der Waals surface area contributed by atoms with Gasteiger partial charge in [0, 0.05) is 0 Å². The first-order valence-corrected chi connectivity index (χ1v) is 7.14. The molecule has 1 aliphatic rings. The Morgan fingerprint density at radius 2 is 1.90 bits per heavy atom. The van der Waals surface area contributed by atoms with E-state index in [0.717, 1.165) is 6.08 Å². The number of hydrogen-bond acceptors (Lipinski definition) is 3. The first-order chi connectivity index (χ1) is 9.24. The number of halogens is 4. The molecule has 4 nitrogen and oxygen atoms in total. The average Bonchev–Trinajstić information content (AvgIpc) is 2.49. The van der Waals surface area contributed by atoms with Crippen LogP contribution in [0.3, 0.4) is 0 Å². The summed E-state index contributed by atoms with van der Waals surface area (Å²) in [6, 6.07) is -0.856. The van der Waals surface area contributed by atoms with E-state index in [1.54, 1.807) is 34.6 Å². The summed E-state index contributed by atoms with van der Waals surface area (Å²) in [7, 11) is 0. The van der Waals surface area contributed by atoms with Crippen LogP contribution in [0, 0.1) is 0 Å². The Kier molecular flexibility index (Phi) is 5.05. The summed E-state index contributed by atoms with van der Waals surface area (Å²) in [5.41, 5.74) is -1.78. The van der Waals surface area contributed by atoms with Gasteiger partial charge in [0.15, 0.2) is 0 Å². The molecule has 122 valence electrons. The number of amides is 1. The van der Waals surface area contributed by atoms with E-state index >= 15 is 0 Å². The molecule has 1 rings (SSSR count). The second-order valence-corrected chi connectivity index (χ2v) is 7.04. The Balaban J connectivity index is 3.03. The maximum atomic E-state index is 12.6. The van der Waals surface area contributed by atoms with Crippen molar-refractivity contribution in [3.8, 4) is 0 Å². The van der Waals surface area contributed by atoms with E-state index in [9.17, 15) is 18.0 Å². The highest BCUT2D eigenvalue weighted by molar-refractivity contribution is 9.11. The molecule has 1 fully saturated rings. The zero-order chi connectivity index (χ0) is 16.6. The maximum Gasteiger partial charge on any atom is 0.422 e. The van der Waals surface area contributed by atoms with E-state index in [0.29, 0.717) is 0 Å². The van der Waals surface area contributed by atoms with Crippen LogP contribution in [-0.2, 0) is 9.47 Å². The fourth-order valence-electron chi connectivity index (χ4n) is 1.89. The summed E-state index contributed by atoms with van der Waals surface area (Å²) in [6.45, 7) is 8.23. The fraction of sp³-hybridized carbons (Fsp3) is 0.769. The van der Waals surface area contributed by atoms with Gasteiger partial charge >= 0.3 is 12.3 Å². The van der Waals surface area contributed by atoms with Crippen LogP contribution in [0.15, 0.2) is 10.6 Å². The van der Waals surface area contributed by atoms with E-state index in [1.807, 2.05) is 0 Å². The number of carbonyl (C=O) groups is 1. The van der Waals surface area contributed by atoms with Crippen LogP contribution in [0.1, 0.15) is 34.6 Å². The Morgan fingerprint density at radius 3 is 2.33 bits per heavy atom. The lowest BCUT2D eigenvalue weighted by atomic mass is 10.2. The summed E-state index contributed by atoms with van der Waals surface area (Å²) < 4.78 is 47.5. The van der Waals surface area contributed by atoms with Gasteiger partial charge < -0.3 is 9.47 Å². The molecule has 0 aromatic heterocycles. The van der Waals surface area contributed by atoms with Gasteiger partial charge in [-0.3, -0.25) is 4.90 Å². The van der Waals surface area contributed by atoms with E-state index in [4.69, 9.17) is 9.47 Å². The normalized spacial score (nSPS) is 23.4. The van der Waals surface area contributed by atoms with Gasteiger partial charge in [-0.2, -0.15) is 13.2 Å². The monoisotopic (exact) mass is 373 g/mol. The van der Waals surface area contributed by atoms with Crippen LogP contribution in [0.5, 0.6) is 0 Å². The van der Waals surface area contributed by atoms with Gasteiger partial charge in [0.25, 0.3) is 0 Å². The van der Waals surface area contributed by atoms with Gasteiger partial charge in [-0.1, -0.05) is 0 Å². The number of ether oxygens (including phenoxy) is 2. The molecule has 0 aliphatic carbocycles. The summed E-state index contributed by atoms with van der Waals surface area (Å²) >= 11 is 2.49. The van der Waals surface area contributed by atoms with Crippen molar-refractivity contribution in [1.82, 2.24) is 4.90 Å². The van der Waals surface area contributed by atoms with E-state index in [2.05, 4.69) is 15.9 Å². The molecule has 1 heterocycles. The molecular weight excluding hydrogens is 355 g/mol. The summed E-state index contributed by atoms with van der Waals surface area (Å²) in [4.78, 5) is 13.4. The van der Waals surface area contributed by atoms with Crippen molar-refractivity contribution in [2.45, 2.75) is 58.2 Å². The molecule has 0 N–H and O–H groups in total. The van der Waals surface area contributed by atoms with Gasteiger partial charge in [0.1, 0.15) is 11.3 Å². The molecule has 21 heavy (non-hydrogen) atoms. The highest BCUT2D eigenvalue weighted by Gasteiger charge is 2.46. The Hall–Kier alpha value is -0.760. The van der Waals surface area contributed by atoms with Crippen LogP contribution in [-0.4, -0.2) is 41.1 Å². The second kappa shape index (κ2) is 5.79. The minimum atomic E-state index is -4.51. The number of hydrogen-bond donors (Lipinski definition) is 0. The highest BCUT2D eigenvalue weighted by atomic mass is 79.9. The average molecular weight is 374 g/mol. The lowest BCUT2D eigenvalue weighted by Crippen LogP contribution is -2.49. The Labute approximate surface area is 130 Å². The van der Waals surface area contributed by atoms with Gasteiger partial charge in [0.05, 0.1) is 17.1 Å². The third-order valence-electron chi connectivity index (χ3n) is 2.72. The van der Waals surface area contributed by atoms with E-state index < -0.39 is 34.1 Å². The van der Waals surface area contributed by atoms with Crippen molar-refractivity contribution >= 4 is 22.0 Å². The van der Waals surface area contributed by atoms with Gasteiger partial charge in [-0.15, -0.1) is 0 Å². The van der Waals surface area contributed by atoms with Gasteiger partial charge in [-0.25, -0.2) is 4.79 Å². The number of nitrogens with zero attached hydrogens (tertiary/aromatic N) is 1. The van der Waals surface area contributed by atoms with Crippen LogP contribution in [0.25, 0.3) is 0 Å².